The molecule has 2 N–H and O–H groups in total. The highest BCUT2D eigenvalue weighted by Crippen LogP contribution is 2.38. The summed E-state index contributed by atoms with van der Waals surface area (Å²) >= 11 is 0. The molecule has 0 saturated carbocycles. The van der Waals surface area contributed by atoms with E-state index in [1.165, 1.54) is 5.57 Å². The van der Waals surface area contributed by atoms with Crippen LogP contribution in [0.4, 0.5) is 0 Å². The average molecular weight is 170 g/mol. The van der Waals surface area contributed by atoms with Gasteiger partial charge in [-0.05, 0) is 25.7 Å². The minimum atomic E-state index is -0.264. The first-order valence-corrected chi connectivity index (χ1v) is 4.53. The van der Waals surface area contributed by atoms with E-state index in [1.807, 2.05) is 0 Å². The highest BCUT2D eigenvalue weighted by atomic mass is 16.3. The lowest BCUT2D eigenvalue weighted by Crippen LogP contribution is -2.37. The molecular formula is C10H18O2. The van der Waals surface area contributed by atoms with E-state index in [-0.39, 0.29) is 18.6 Å². The maximum atomic E-state index is 9.21. The zero-order valence-corrected chi connectivity index (χ0v) is 7.88. The van der Waals surface area contributed by atoms with Crippen LogP contribution in [0.15, 0.2) is 11.6 Å². The molecule has 0 spiro atoms. The van der Waals surface area contributed by atoms with Crippen LogP contribution in [-0.4, -0.2) is 23.4 Å². The zero-order chi connectivity index (χ0) is 9.19. The van der Waals surface area contributed by atoms with Crippen LogP contribution in [0.25, 0.3) is 0 Å². The maximum Gasteiger partial charge on any atom is 0.0515 e. The third-order valence-corrected chi connectivity index (χ3v) is 3.15. The number of hydrogen-bond acceptors (Lipinski definition) is 2. The molecule has 1 unspecified atom stereocenters. The summed E-state index contributed by atoms with van der Waals surface area (Å²) < 4.78 is 0. The second-order valence-corrected chi connectivity index (χ2v) is 3.98. The van der Waals surface area contributed by atoms with E-state index in [2.05, 4.69) is 19.9 Å². The van der Waals surface area contributed by atoms with Gasteiger partial charge in [-0.25, -0.2) is 0 Å². The van der Waals surface area contributed by atoms with Gasteiger partial charge in [0.15, 0.2) is 0 Å². The minimum absolute atomic E-state index is 0.0917. The predicted molar refractivity (Wildman–Crippen MR) is 48.8 cm³/mol. The fourth-order valence-electron chi connectivity index (χ4n) is 1.86. The van der Waals surface area contributed by atoms with E-state index in [0.717, 1.165) is 12.8 Å². The molecule has 0 fully saturated rings. The van der Waals surface area contributed by atoms with Crippen LogP contribution in [0, 0.1) is 11.3 Å². The van der Waals surface area contributed by atoms with Gasteiger partial charge in [0.1, 0.15) is 0 Å². The van der Waals surface area contributed by atoms with Gasteiger partial charge in [0.05, 0.1) is 13.2 Å². The highest BCUT2D eigenvalue weighted by molar-refractivity contribution is 5.10. The van der Waals surface area contributed by atoms with Crippen LogP contribution in [0.1, 0.15) is 26.7 Å². The van der Waals surface area contributed by atoms with Crippen molar-refractivity contribution in [2.75, 3.05) is 13.2 Å². The molecule has 2 heteroatoms. The smallest absolute Gasteiger partial charge is 0.0515 e. The second-order valence-electron chi connectivity index (χ2n) is 3.98. The molecule has 1 aliphatic rings. The quantitative estimate of drug-likeness (QED) is 0.614. The first-order valence-electron chi connectivity index (χ1n) is 4.53. The van der Waals surface area contributed by atoms with Crippen LogP contribution in [-0.2, 0) is 0 Å². The number of allylic oxidation sites excluding steroid dienone is 2. The van der Waals surface area contributed by atoms with E-state index in [9.17, 15) is 10.2 Å². The SMILES string of the molecule is CC1=CC(C)C(CO)(CO)CC1. The fourth-order valence-corrected chi connectivity index (χ4v) is 1.86. The van der Waals surface area contributed by atoms with Gasteiger partial charge in [-0.3, -0.25) is 0 Å². The Bertz CT molecular complexity index is 180. The Balaban J connectivity index is 2.80. The minimum Gasteiger partial charge on any atom is -0.396 e. The molecule has 1 atom stereocenters. The van der Waals surface area contributed by atoms with Crippen molar-refractivity contribution < 1.29 is 10.2 Å². The summed E-state index contributed by atoms with van der Waals surface area (Å²) in [7, 11) is 0. The fraction of sp³-hybridized carbons (Fsp3) is 0.800. The number of hydrogen-bond donors (Lipinski definition) is 2. The first-order chi connectivity index (χ1) is 5.64. The first kappa shape index (κ1) is 9.75. The van der Waals surface area contributed by atoms with Crippen LogP contribution in [0.2, 0.25) is 0 Å². The molecule has 1 aliphatic carbocycles. The summed E-state index contributed by atoms with van der Waals surface area (Å²) in [6.07, 6.45) is 4.07. The molecule has 0 heterocycles. The third kappa shape index (κ3) is 1.54. The number of aliphatic hydroxyl groups excluding tert-OH is 2. The van der Waals surface area contributed by atoms with Crippen molar-refractivity contribution in [3.63, 3.8) is 0 Å². The van der Waals surface area contributed by atoms with Gasteiger partial charge < -0.3 is 10.2 Å². The van der Waals surface area contributed by atoms with E-state index < -0.39 is 0 Å². The second kappa shape index (κ2) is 3.58. The topological polar surface area (TPSA) is 40.5 Å². The lowest BCUT2D eigenvalue weighted by molar-refractivity contribution is 0.0136. The van der Waals surface area contributed by atoms with Gasteiger partial charge in [0, 0.05) is 5.41 Å². The summed E-state index contributed by atoms with van der Waals surface area (Å²) in [5, 5.41) is 18.4. The Morgan fingerprint density at radius 1 is 1.50 bits per heavy atom. The molecule has 0 radical (unpaired) electrons. The van der Waals surface area contributed by atoms with Crippen molar-refractivity contribution >= 4 is 0 Å². The Kier molecular flexibility index (Phi) is 2.91. The van der Waals surface area contributed by atoms with Crippen molar-refractivity contribution in [2.45, 2.75) is 26.7 Å². The standard InChI is InChI=1S/C10H18O2/c1-8-3-4-10(6-11,7-12)9(2)5-8/h5,9,11-12H,3-4,6-7H2,1-2H3. The lowest BCUT2D eigenvalue weighted by Gasteiger charge is -2.38. The third-order valence-electron chi connectivity index (χ3n) is 3.15. The molecule has 0 aromatic heterocycles. The van der Waals surface area contributed by atoms with E-state index in [4.69, 9.17) is 0 Å². The molecule has 0 bridgehead atoms. The Hall–Kier alpha value is -0.340. The van der Waals surface area contributed by atoms with Crippen molar-refractivity contribution in [2.24, 2.45) is 11.3 Å². The van der Waals surface area contributed by atoms with E-state index >= 15 is 0 Å². The summed E-state index contributed by atoms with van der Waals surface area (Å²) in [5.74, 6) is 0.293. The Labute approximate surface area is 73.9 Å². The molecule has 70 valence electrons. The molecule has 1 rings (SSSR count). The van der Waals surface area contributed by atoms with Crippen molar-refractivity contribution in [1.82, 2.24) is 0 Å². The monoisotopic (exact) mass is 170 g/mol. The van der Waals surface area contributed by atoms with E-state index in [1.54, 1.807) is 0 Å². The molecule has 0 aromatic rings. The van der Waals surface area contributed by atoms with Crippen molar-refractivity contribution in [3.8, 4) is 0 Å². The van der Waals surface area contributed by atoms with Crippen LogP contribution in [0.5, 0.6) is 0 Å². The predicted octanol–water partition coefficient (Wildman–Crippen LogP) is 1.33. The molecular weight excluding hydrogens is 152 g/mol. The molecule has 12 heavy (non-hydrogen) atoms. The lowest BCUT2D eigenvalue weighted by atomic mass is 9.69. The number of rotatable bonds is 2. The van der Waals surface area contributed by atoms with Crippen molar-refractivity contribution in [1.29, 1.82) is 0 Å². The van der Waals surface area contributed by atoms with Crippen LogP contribution < -0.4 is 0 Å². The van der Waals surface area contributed by atoms with E-state index in [0.29, 0.717) is 5.92 Å². The van der Waals surface area contributed by atoms with Gasteiger partial charge in [0.2, 0.25) is 0 Å². The Morgan fingerprint density at radius 2 is 2.08 bits per heavy atom. The zero-order valence-electron chi connectivity index (χ0n) is 7.88. The molecule has 0 aliphatic heterocycles. The summed E-state index contributed by atoms with van der Waals surface area (Å²) in [4.78, 5) is 0. The average Bonchev–Trinajstić information content (AvgIpc) is 2.06. The van der Waals surface area contributed by atoms with Gasteiger partial charge >= 0.3 is 0 Å². The van der Waals surface area contributed by atoms with Gasteiger partial charge in [-0.15, -0.1) is 0 Å². The maximum absolute atomic E-state index is 9.21. The Morgan fingerprint density at radius 3 is 2.50 bits per heavy atom. The molecule has 0 aromatic carbocycles. The van der Waals surface area contributed by atoms with Crippen LogP contribution >= 0.6 is 0 Å². The summed E-state index contributed by atoms with van der Waals surface area (Å²) in [6.45, 7) is 4.35. The molecule has 0 saturated heterocycles. The van der Waals surface area contributed by atoms with Gasteiger partial charge in [-0.2, -0.15) is 0 Å². The van der Waals surface area contributed by atoms with Gasteiger partial charge in [-0.1, -0.05) is 18.6 Å². The largest absolute Gasteiger partial charge is 0.396 e. The normalized spacial score (nSPS) is 28.3. The summed E-state index contributed by atoms with van der Waals surface area (Å²) in [6, 6.07) is 0. The van der Waals surface area contributed by atoms with Crippen LogP contribution in [0.3, 0.4) is 0 Å². The number of aliphatic hydroxyl groups is 2. The highest BCUT2D eigenvalue weighted by Gasteiger charge is 2.35. The molecule has 0 amide bonds. The molecule has 2 nitrogen and oxygen atoms in total. The van der Waals surface area contributed by atoms with Crippen molar-refractivity contribution in [3.05, 3.63) is 11.6 Å². The summed E-state index contributed by atoms with van der Waals surface area (Å²) in [5.41, 5.74) is 1.11. The van der Waals surface area contributed by atoms with Gasteiger partial charge in [0.25, 0.3) is 0 Å².